The molecule has 0 aromatic heterocycles. The molecule has 0 radical (unpaired) electrons. The minimum absolute atomic E-state index is 0.193. The van der Waals surface area contributed by atoms with Crippen LogP contribution in [0.2, 0.25) is 0 Å². The summed E-state index contributed by atoms with van der Waals surface area (Å²) < 4.78 is 0. The largest absolute Gasteiger partial charge is 0.392 e. The van der Waals surface area contributed by atoms with Crippen LogP contribution in [-0.2, 0) is 0 Å². The molecule has 0 aliphatic heterocycles. The number of hydrogen-bond donors (Lipinski definition) is 1. The Hall–Kier alpha value is 0.180. The lowest BCUT2D eigenvalue weighted by molar-refractivity contribution is -0.0631. The van der Waals surface area contributed by atoms with E-state index in [4.69, 9.17) is 0 Å². The first-order chi connectivity index (χ1) is 7.88. The Kier molecular flexibility index (Phi) is 3.76. The number of rotatable bonds is 1. The molecule has 2 heteroatoms. The molecule has 5 unspecified atom stereocenters. The zero-order chi connectivity index (χ0) is 12.8. The highest BCUT2D eigenvalue weighted by atomic mass is 79.9. The van der Waals surface area contributed by atoms with Gasteiger partial charge in [-0.15, -0.1) is 0 Å². The van der Waals surface area contributed by atoms with Crippen LogP contribution in [0.5, 0.6) is 0 Å². The standard InChI is InChI=1S/C15H25BrO/c1-9(2)11-7-8-15(4)12(16)6-5-10(3)13(15)14(11)17/h9,11-14,17H,3,5-8H2,1-2,4H3. The van der Waals surface area contributed by atoms with E-state index < -0.39 is 0 Å². The predicted octanol–water partition coefficient (Wildman–Crippen LogP) is 4.15. The van der Waals surface area contributed by atoms with Gasteiger partial charge >= 0.3 is 0 Å². The first-order valence-electron chi connectivity index (χ1n) is 6.87. The summed E-state index contributed by atoms with van der Waals surface area (Å²) in [7, 11) is 0. The maximum Gasteiger partial charge on any atom is 0.0641 e. The Morgan fingerprint density at radius 1 is 1.41 bits per heavy atom. The molecule has 2 saturated carbocycles. The number of aliphatic hydroxyl groups is 1. The fourth-order valence-corrected chi connectivity index (χ4v) is 4.77. The molecule has 0 spiro atoms. The molecular formula is C15H25BrO. The fraction of sp³-hybridized carbons (Fsp3) is 0.867. The average Bonchev–Trinajstić information content (AvgIpc) is 2.23. The van der Waals surface area contributed by atoms with Crippen molar-refractivity contribution in [3.8, 4) is 0 Å². The number of hydrogen-bond acceptors (Lipinski definition) is 1. The second kappa shape index (κ2) is 4.70. The summed E-state index contributed by atoms with van der Waals surface area (Å²) in [4.78, 5) is 0.535. The van der Waals surface area contributed by atoms with Gasteiger partial charge in [-0.25, -0.2) is 0 Å². The van der Waals surface area contributed by atoms with E-state index in [1.165, 1.54) is 18.4 Å². The first-order valence-corrected chi connectivity index (χ1v) is 7.79. The van der Waals surface area contributed by atoms with Gasteiger partial charge in [0.15, 0.2) is 0 Å². The number of alkyl halides is 1. The minimum Gasteiger partial charge on any atom is -0.392 e. The molecule has 0 saturated heterocycles. The SMILES string of the molecule is C=C1CCC(Br)C2(C)CCC(C(C)C)C(O)C12. The maximum absolute atomic E-state index is 10.7. The van der Waals surface area contributed by atoms with Crippen molar-refractivity contribution in [2.45, 2.75) is 57.4 Å². The number of fused-ring (bicyclic) bond motifs is 1. The van der Waals surface area contributed by atoms with Crippen LogP contribution in [0.25, 0.3) is 0 Å². The van der Waals surface area contributed by atoms with Gasteiger partial charge < -0.3 is 5.11 Å². The van der Waals surface area contributed by atoms with E-state index in [0.717, 1.165) is 12.8 Å². The molecule has 1 N–H and O–H groups in total. The van der Waals surface area contributed by atoms with Gasteiger partial charge in [0.2, 0.25) is 0 Å². The molecule has 2 aliphatic carbocycles. The molecule has 2 rings (SSSR count). The summed E-state index contributed by atoms with van der Waals surface area (Å²) in [6.45, 7) is 11.0. The van der Waals surface area contributed by atoms with Crippen LogP contribution in [0.3, 0.4) is 0 Å². The average molecular weight is 301 g/mol. The van der Waals surface area contributed by atoms with Crippen molar-refractivity contribution in [2.24, 2.45) is 23.2 Å². The van der Waals surface area contributed by atoms with Crippen molar-refractivity contribution >= 4 is 15.9 Å². The van der Waals surface area contributed by atoms with Gasteiger partial charge in [-0.05, 0) is 42.9 Å². The molecule has 2 aliphatic rings. The van der Waals surface area contributed by atoms with Crippen molar-refractivity contribution in [1.82, 2.24) is 0 Å². The Morgan fingerprint density at radius 2 is 2.06 bits per heavy atom. The van der Waals surface area contributed by atoms with E-state index >= 15 is 0 Å². The topological polar surface area (TPSA) is 20.2 Å². The number of halogens is 1. The van der Waals surface area contributed by atoms with Crippen LogP contribution in [0.1, 0.15) is 46.5 Å². The van der Waals surface area contributed by atoms with E-state index in [0.29, 0.717) is 22.6 Å². The molecule has 0 bridgehead atoms. The summed E-state index contributed by atoms with van der Waals surface area (Å²) in [6.07, 6.45) is 4.41. The summed E-state index contributed by atoms with van der Waals surface area (Å²) in [5.41, 5.74) is 1.49. The Balaban J connectivity index is 2.29. The maximum atomic E-state index is 10.7. The van der Waals surface area contributed by atoms with Crippen molar-refractivity contribution in [1.29, 1.82) is 0 Å². The molecule has 2 fully saturated rings. The van der Waals surface area contributed by atoms with Crippen LogP contribution in [-0.4, -0.2) is 16.0 Å². The van der Waals surface area contributed by atoms with Crippen molar-refractivity contribution in [3.05, 3.63) is 12.2 Å². The highest BCUT2D eigenvalue weighted by Gasteiger charge is 2.52. The van der Waals surface area contributed by atoms with E-state index in [9.17, 15) is 5.11 Å². The van der Waals surface area contributed by atoms with E-state index in [1.54, 1.807) is 0 Å². The Labute approximate surface area is 114 Å². The van der Waals surface area contributed by atoms with Crippen LogP contribution in [0, 0.1) is 23.2 Å². The van der Waals surface area contributed by atoms with Gasteiger partial charge in [0.1, 0.15) is 0 Å². The van der Waals surface area contributed by atoms with E-state index in [-0.39, 0.29) is 11.5 Å². The van der Waals surface area contributed by atoms with Gasteiger partial charge in [-0.1, -0.05) is 48.9 Å². The van der Waals surface area contributed by atoms with Crippen LogP contribution < -0.4 is 0 Å². The van der Waals surface area contributed by atoms with Gasteiger partial charge in [0.25, 0.3) is 0 Å². The first kappa shape index (κ1) is 13.6. The summed E-state index contributed by atoms with van der Waals surface area (Å²) in [5, 5.41) is 10.7. The van der Waals surface area contributed by atoms with Crippen molar-refractivity contribution in [3.63, 3.8) is 0 Å². The summed E-state index contributed by atoms with van der Waals surface area (Å²) in [6, 6.07) is 0. The van der Waals surface area contributed by atoms with Crippen molar-refractivity contribution in [2.75, 3.05) is 0 Å². The van der Waals surface area contributed by atoms with E-state index in [2.05, 4.69) is 43.3 Å². The van der Waals surface area contributed by atoms with E-state index in [1.807, 2.05) is 0 Å². The molecule has 5 atom stereocenters. The molecule has 98 valence electrons. The second-order valence-electron chi connectivity index (χ2n) is 6.59. The summed E-state index contributed by atoms with van der Waals surface area (Å²) >= 11 is 3.85. The Bertz CT molecular complexity index is 312. The summed E-state index contributed by atoms with van der Waals surface area (Å²) in [5.74, 6) is 1.31. The molecule has 0 amide bonds. The zero-order valence-electron chi connectivity index (χ0n) is 11.2. The highest BCUT2D eigenvalue weighted by molar-refractivity contribution is 9.09. The van der Waals surface area contributed by atoms with Crippen LogP contribution in [0.15, 0.2) is 12.2 Å². The normalized spacial score (nSPS) is 47.1. The van der Waals surface area contributed by atoms with Gasteiger partial charge in [0, 0.05) is 10.7 Å². The van der Waals surface area contributed by atoms with Gasteiger partial charge in [-0.3, -0.25) is 0 Å². The monoisotopic (exact) mass is 300 g/mol. The highest BCUT2D eigenvalue weighted by Crippen LogP contribution is 2.56. The molecule has 1 nitrogen and oxygen atoms in total. The predicted molar refractivity (Wildman–Crippen MR) is 76.3 cm³/mol. The lowest BCUT2D eigenvalue weighted by Crippen LogP contribution is -2.53. The number of aliphatic hydroxyl groups excluding tert-OH is 1. The van der Waals surface area contributed by atoms with Crippen LogP contribution in [0.4, 0.5) is 0 Å². The second-order valence-corrected chi connectivity index (χ2v) is 7.69. The smallest absolute Gasteiger partial charge is 0.0641 e. The third-order valence-electron chi connectivity index (χ3n) is 5.24. The Morgan fingerprint density at radius 3 is 2.65 bits per heavy atom. The zero-order valence-corrected chi connectivity index (χ0v) is 12.8. The lowest BCUT2D eigenvalue weighted by atomic mass is 9.54. The molecule has 17 heavy (non-hydrogen) atoms. The third-order valence-corrected chi connectivity index (χ3v) is 6.74. The van der Waals surface area contributed by atoms with Gasteiger partial charge in [0.05, 0.1) is 6.10 Å². The molecule has 0 aromatic rings. The van der Waals surface area contributed by atoms with Crippen molar-refractivity contribution < 1.29 is 5.11 Å². The molecule has 0 heterocycles. The molecule has 0 aromatic carbocycles. The lowest BCUT2D eigenvalue weighted by Gasteiger charge is -2.54. The van der Waals surface area contributed by atoms with Crippen LogP contribution >= 0.6 is 15.9 Å². The molecular weight excluding hydrogens is 276 g/mol. The third kappa shape index (κ3) is 2.12. The fourth-order valence-electron chi connectivity index (χ4n) is 4.03. The quantitative estimate of drug-likeness (QED) is 0.570. The minimum atomic E-state index is -0.193. The van der Waals surface area contributed by atoms with Gasteiger partial charge in [-0.2, -0.15) is 0 Å².